The van der Waals surface area contributed by atoms with Crippen LogP contribution in [0.1, 0.15) is 21.7 Å². The SMILES string of the molecule is COC(=O)Cc1c(C(=O)OC)[nH]c(C)c1Br. The first kappa shape index (κ1) is 12.8. The summed E-state index contributed by atoms with van der Waals surface area (Å²) in [5.41, 5.74) is 1.59. The van der Waals surface area contributed by atoms with Crippen LogP contribution in [0.3, 0.4) is 0 Å². The Hall–Kier alpha value is -1.30. The van der Waals surface area contributed by atoms with Crippen LogP contribution in [0.5, 0.6) is 0 Å². The van der Waals surface area contributed by atoms with E-state index in [4.69, 9.17) is 0 Å². The smallest absolute Gasteiger partial charge is 0.354 e. The van der Waals surface area contributed by atoms with Crippen molar-refractivity contribution in [1.29, 1.82) is 0 Å². The maximum Gasteiger partial charge on any atom is 0.354 e. The van der Waals surface area contributed by atoms with Crippen molar-refractivity contribution in [3.63, 3.8) is 0 Å². The van der Waals surface area contributed by atoms with Gasteiger partial charge in [0.1, 0.15) is 5.69 Å². The molecule has 0 aromatic carbocycles. The van der Waals surface area contributed by atoms with Gasteiger partial charge in [-0.2, -0.15) is 0 Å². The third kappa shape index (κ3) is 2.44. The van der Waals surface area contributed by atoms with Crippen molar-refractivity contribution in [1.82, 2.24) is 4.98 Å². The van der Waals surface area contributed by atoms with E-state index in [1.165, 1.54) is 14.2 Å². The highest BCUT2D eigenvalue weighted by molar-refractivity contribution is 9.10. The van der Waals surface area contributed by atoms with E-state index in [9.17, 15) is 9.59 Å². The highest BCUT2D eigenvalue weighted by atomic mass is 79.9. The molecule has 0 aliphatic rings. The van der Waals surface area contributed by atoms with Crippen molar-refractivity contribution in [3.8, 4) is 0 Å². The number of hydrogen-bond acceptors (Lipinski definition) is 4. The Morgan fingerprint density at radius 2 is 1.94 bits per heavy atom. The molecule has 0 unspecified atom stereocenters. The first-order chi connectivity index (χ1) is 7.51. The molecule has 0 bridgehead atoms. The molecule has 0 saturated carbocycles. The van der Waals surface area contributed by atoms with E-state index in [0.717, 1.165) is 5.69 Å². The van der Waals surface area contributed by atoms with E-state index >= 15 is 0 Å². The van der Waals surface area contributed by atoms with Gasteiger partial charge in [0.2, 0.25) is 0 Å². The number of H-pyrrole nitrogens is 1. The lowest BCUT2D eigenvalue weighted by Gasteiger charge is -2.02. The number of carbonyl (C=O) groups excluding carboxylic acids is 2. The van der Waals surface area contributed by atoms with Gasteiger partial charge in [-0.15, -0.1) is 0 Å². The summed E-state index contributed by atoms with van der Waals surface area (Å²) in [7, 11) is 2.59. The Bertz CT molecular complexity index is 425. The Labute approximate surface area is 101 Å². The largest absolute Gasteiger partial charge is 0.469 e. The van der Waals surface area contributed by atoms with Crippen LogP contribution >= 0.6 is 15.9 Å². The quantitative estimate of drug-likeness (QED) is 0.858. The van der Waals surface area contributed by atoms with E-state index in [1.54, 1.807) is 6.92 Å². The molecular formula is C10H12BrNO4. The second-order valence-corrected chi connectivity index (χ2v) is 3.96. The van der Waals surface area contributed by atoms with Crippen LogP contribution in [0.4, 0.5) is 0 Å². The number of aryl methyl sites for hydroxylation is 1. The summed E-state index contributed by atoms with van der Waals surface area (Å²) in [5.74, 6) is -0.919. The molecule has 88 valence electrons. The zero-order chi connectivity index (χ0) is 12.3. The average Bonchev–Trinajstić information content (AvgIpc) is 2.56. The molecule has 1 N–H and O–H groups in total. The van der Waals surface area contributed by atoms with Gasteiger partial charge in [0.15, 0.2) is 0 Å². The molecule has 0 amide bonds. The number of carbonyl (C=O) groups is 2. The Balaban J connectivity index is 3.13. The highest BCUT2D eigenvalue weighted by Crippen LogP contribution is 2.26. The number of esters is 2. The van der Waals surface area contributed by atoms with Gasteiger partial charge in [-0.3, -0.25) is 4.79 Å². The molecule has 1 heterocycles. The van der Waals surface area contributed by atoms with Crippen molar-refractivity contribution in [2.24, 2.45) is 0 Å². The molecule has 0 saturated heterocycles. The normalized spacial score (nSPS) is 10.0. The minimum absolute atomic E-state index is 0.0197. The fourth-order valence-electron chi connectivity index (χ4n) is 1.31. The van der Waals surface area contributed by atoms with E-state index in [1.807, 2.05) is 0 Å². The molecule has 0 atom stereocenters. The molecule has 0 spiro atoms. The topological polar surface area (TPSA) is 68.4 Å². The predicted molar refractivity (Wildman–Crippen MR) is 60.3 cm³/mol. The summed E-state index contributed by atoms with van der Waals surface area (Å²) in [5, 5.41) is 0. The second-order valence-electron chi connectivity index (χ2n) is 3.16. The van der Waals surface area contributed by atoms with Crippen LogP contribution in [-0.4, -0.2) is 31.1 Å². The lowest BCUT2D eigenvalue weighted by atomic mass is 10.1. The van der Waals surface area contributed by atoms with Crippen LogP contribution in [0.25, 0.3) is 0 Å². The zero-order valence-corrected chi connectivity index (χ0v) is 10.8. The fraction of sp³-hybridized carbons (Fsp3) is 0.400. The number of halogens is 1. The summed E-state index contributed by atoms with van der Waals surface area (Å²) >= 11 is 3.31. The molecule has 1 aromatic heterocycles. The van der Waals surface area contributed by atoms with Gasteiger partial charge >= 0.3 is 11.9 Å². The first-order valence-electron chi connectivity index (χ1n) is 4.53. The van der Waals surface area contributed by atoms with E-state index in [-0.39, 0.29) is 12.1 Å². The molecule has 0 radical (unpaired) electrons. The maximum absolute atomic E-state index is 11.4. The molecule has 16 heavy (non-hydrogen) atoms. The molecule has 5 nitrogen and oxygen atoms in total. The lowest BCUT2D eigenvalue weighted by Crippen LogP contribution is -2.10. The van der Waals surface area contributed by atoms with Gasteiger partial charge in [-0.1, -0.05) is 0 Å². The first-order valence-corrected chi connectivity index (χ1v) is 5.32. The standard InChI is InChI=1S/C10H12BrNO4/c1-5-8(11)6(4-7(13)15-2)9(12-5)10(14)16-3/h12H,4H2,1-3H3. The molecule has 0 fully saturated rings. The summed E-state index contributed by atoms with van der Waals surface area (Å²) in [6, 6.07) is 0. The van der Waals surface area contributed by atoms with Crippen molar-refractivity contribution < 1.29 is 19.1 Å². The monoisotopic (exact) mass is 289 g/mol. The summed E-state index contributed by atoms with van der Waals surface area (Å²) < 4.78 is 9.87. The molecule has 0 aliphatic heterocycles. The predicted octanol–water partition coefficient (Wildman–Crippen LogP) is 1.59. The number of aromatic amines is 1. The third-order valence-electron chi connectivity index (χ3n) is 2.15. The number of hydrogen-bond donors (Lipinski definition) is 1. The van der Waals surface area contributed by atoms with Crippen molar-refractivity contribution in [3.05, 3.63) is 21.4 Å². The number of rotatable bonds is 3. The van der Waals surface area contributed by atoms with Crippen LogP contribution in [-0.2, 0) is 20.7 Å². The van der Waals surface area contributed by atoms with Crippen molar-refractivity contribution in [2.45, 2.75) is 13.3 Å². The summed E-state index contributed by atoms with van der Waals surface area (Å²) in [6.07, 6.45) is 0.0197. The van der Waals surface area contributed by atoms with Gasteiger partial charge in [0.25, 0.3) is 0 Å². The van der Waals surface area contributed by atoms with Gasteiger partial charge in [-0.05, 0) is 22.9 Å². The van der Waals surface area contributed by atoms with Gasteiger partial charge in [0, 0.05) is 15.7 Å². The Morgan fingerprint density at radius 1 is 1.31 bits per heavy atom. The van der Waals surface area contributed by atoms with E-state index in [0.29, 0.717) is 10.0 Å². The van der Waals surface area contributed by atoms with Crippen LogP contribution < -0.4 is 0 Å². The Morgan fingerprint density at radius 3 is 2.44 bits per heavy atom. The highest BCUT2D eigenvalue weighted by Gasteiger charge is 2.21. The third-order valence-corrected chi connectivity index (χ3v) is 3.22. The fourth-order valence-corrected chi connectivity index (χ4v) is 1.75. The average molecular weight is 290 g/mol. The van der Waals surface area contributed by atoms with Gasteiger partial charge in [0.05, 0.1) is 20.6 Å². The van der Waals surface area contributed by atoms with Gasteiger partial charge in [-0.25, -0.2) is 4.79 Å². The second kappa shape index (κ2) is 5.16. The van der Waals surface area contributed by atoms with E-state index in [2.05, 4.69) is 30.4 Å². The minimum atomic E-state index is -0.507. The van der Waals surface area contributed by atoms with Crippen LogP contribution in [0, 0.1) is 6.92 Å². The van der Waals surface area contributed by atoms with Crippen LogP contribution in [0.2, 0.25) is 0 Å². The zero-order valence-electron chi connectivity index (χ0n) is 9.22. The van der Waals surface area contributed by atoms with Crippen molar-refractivity contribution in [2.75, 3.05) is 14.2 Å². The van der Waals surface area contributed by atoms with Crippen molar-refractivity contribution >= 4 is 27.9 Å². The molecule has 1 rings (SSSR count). The van der Waals surface area contributed by atoms with Crippen LogP contribution in [0.15, 0.2) is 4.47 Å². The molecule has 6 heteroatoms. The minimum Gasteiger partial charge on any atom is -0.469 e. The summed E-state index contributed by atoms with van der Waals surface area (Å²) in [6.45, 7) is 1.79. The molecular weight excluding hydrogens is 278 g/mol. The van der Waals surface area contributed by atoms with Gasteiger partial charge < -0.3 is 14.5 Å². The number of methoxy groups -OCH3 is 2. The number of ether oxygens (including phenoxy) is 2. The number of aromatic nitrogens is 1. The molecule has 1 aromatic rings. The lowest BCUT2D eigenvalue weighted by molar-refractivity contribution is -0.139. The Kier molecular flexibility index (Phi) is 4.12. The van der Waals surface area contributed by atoms with E-state index < -0.39 is 11.9 Å². The maximum atomic E-state index is 11.4. The molecule has 0 aliphatic carbocycles. The summed E-state index contributed by atoms with van der Waals surface area (Å²) in [4.78, 5) is 25.5. The number of nitrogens with one attached hydrogen (secondary N) is 1.